The molecule has 1 heterocycles. The Labute approximate surface area is 151 Å². The van der Waals surface area contributed by atoms with Gasteiger partial charge in [-0.15, -0.1) is 0 Å². The molecule has 1 aliphatic rings. The van der Waals surface area contributed by atoms with E-state index in [4.69, 9.17) is 17.3 Å². The quantitative estimate of drug-likeness (QED) is 0.687. The van der Waals surface area contributed by atoms with Gasteiger partial charge in [0.05, 0.1) is 23.3 Å². The van der Waals surface area contributed by atoms with Crippen molar-refractivity contribution in [1.29, 1.82) is 0 Å². The van der Waals surface area contributed by atoms with E-state index in [0.29, 0.717) is 23.7 Å². The molecule has 0 spiro atoms. The standard InChI is InChI=1S/C17H23ClN4O3/c1-10(2)15(19)16(24)20-9-14(23)21-12-7-8-22(17(12)25)13-6-4-3-5-11(13)18/h3-6,10,12,15H,7-9,19H2,1-2H3,(H,20,24)(H,21,23)/t12?,15-/m0/s1. The van der Waals surface area contributed by atoms with Gasteiger partial charge in [-0.05, 0) is 24.5 Å². The van der Waals surface area contributed by atoms with Crippen molar-refractivity contribution >= 4 is 35.0 Å². The van der Waals surface area contributed by atoms with Gasteiger partial charge in [-0.3, -0.25) is 14.4 Å². The van der Waals surface area contributed by atoms with Crippen molar-refractivity contribution in [3.05, 3.63) is 29.3 Å². The van der Waals surface area contributed by atoms with E-state index in [2.05, 4.69) is 10.6 Å². The summed E-state index contributed by atoms with van der Waals surface area (Å²) in [5, 5.41) is 5.61. The Balaban J connectivity index is 1.87. The maximum atomic E-state index is 12.5. The van der Waals surface area contributed by atoms with Gasteiger partial charge in [0, 0.05) is 6.54 Å². The average molecular weight is 367 g/mol. The van der Waals surface area contributed by atoms with Crippen LogP contribution in [0.25, 0.3) is 0 Å². The summed E-state index contributed by atoms with van der Waals surface area (Å²) >= 11 is 6.12. The number of nitrogens with zero attached hydrogens (tertiary/aromatic N) is 1. The van der Waals surface area contributed by atoms with E-state index in [0.717, 1.165) is 0 Å². The number of para-hydroxylation sites is 1. The lowest BCUT2D eigenvalue weighted by molar-refractivity contribution is -0.128. The van der Waals surface area contributed by atoms with Crippen LogP contribution in [0.2, 0.25) is 5.02 Å². The van der Waals surface area contributed by atoms with Gasteiger partial charge in [0.1, 0.15) is 6.04 Å². The predicted octanol–water partition coefficient (Wildman–Crippen LogP) is 0.661. The minimum Gasteiger partial charge on any atom is -0.346 e. The van der Waals surface area contributed by atoms with Crippen LogP contribution in [0.4, 0.5) is 5.69 Å². The largest absolute Gasteiger partial charge is 0.346 e. The highest BCUT2D eigenvalue weighted by molar-refractivity contribution is 6.34. The molecule has 2 atom stereocenters. The van der Waals surface area contributed by atoms with E-state index < -0.39 is 18.0 Å². The molecule has 1 unspecified atom stereocenters. The van der Waals surface area contributed by atoms with Crippen molar-refractivity contribution in [2.45, 2.75) is 32.4 Å². The van der Waals surface area contributed by atoms with Crippen LogP contribution in [0.3, 0.4) is 0 Å². The number of rotatable bonds is 6. The first-order chi connectivity index (χ1) is 11.8. The van der Waals surface area contributed by atoms with Gasteiger partial charge < -0.3 is 21.3 Å². The summed E-state index contributed by atoms with van der Waals surface area (Å²) in [5.41, 5.74) is 6.34. The Bertz CT molecular complexity index is 665. The second-order valence-electron chi connectivity index (χ2n) is 6.34. The van der Waals surface area contributed by atoms with Crippen LogP contribution in [-0.2, 0) is 14.4 Å². The smallest absolute Gasteiger partial charge is 0.249 e. The number of carbonyl (C=O) groups excluding carboxylic acids is 3. The molecule has 3 amide bonds. The lowest BCUT2D eigenvalue weighted by Crippen LogP contribution is -2.49. The number of nitrogens with two attached hydrogens (primary N) is 1. The van der Waals surface area contributed by atoms with Gasteiger partial charge in [-0.1, -0.05) is 37.6 Å². The summed E-state index contributed by atoms with van der Waals surface area (Å²) in [4.78, 5) is 37.8. The van der Waals surface area contributed by atoms with Crippen molar-refractivity contribution in [2.24, 2.45) is 11.7 Å². The molecular formula is C17H23ClN4O3. The third kappa shape index (κ3) is 4.70. The summed E-state index contributed by atoms with van der Waals surface area (Å²) in [6, 6.07) is 5.77. The van der Waals surface area contributed by atoms with Gasteiger partial charge >= 0.3 is 0 Å². The fourth-order valence-electron chi connectivity index (χ4n) is 2.56. The van der Waals surface area contributed by atoms with E-state index >= 15 is 0 Å². The molecular weight excluding hydrogens is 344 g/mol. The zero-order valence-corrected chi connectivity index (χ0v) is 15.0. The second kappa shape index (κ2) is 8.31. The topological polar surface area (TPSA) is 105 Å². The molecule has 1 aromatic rings. The van der Waals surface area contributed by atoms with Gasteiger partial charge in [-0.25, -0.2) is 0 Å². The third-order valence-corrected chi connectivity index (χ3v) is 4.45. The summed E-state index contributed by atoms with van der Waals surface area (Å²) < 4.78 is 0. The fraction of sp³-hybridized carbons (Fsp3) is 0.471. The van der Waals surface area contributed by atoms with Crippen LogP contribution >= 0.6 is 11.6 Å². The number of amides is 3. The molecule has 8 heteroatoms. The van der Waals surface area contributed by atoms with Gasteiger partial charge in [0.15, 0.2) is 0 Å². The SMILES string of the molecule is CC(C)[C@H](N)C(=O)NCC(=O)NC1CCN(c2ccccc2Cl)C1=O. The Kier molecular flexibility index (Phi) is 6.39. The van der Waals surface area contributed by atoms with Crippen LogP contribution in [0.1, 0.15) is 20.3 Å². The molecule has 136 valence electrons. The monoisotopic (exact) mass is 366 g/mol. The first-order valence-electron chi connectivity index (χ1n) is 8.19. The highest BCUT2D eigenvalue weighted by Gasteiger charge is 2.34. The number of halogens is 1. The third-order valence-electron chi connectivity index (χ3n) is 4.13. The van der Waals surface area contributed by atoms with Crippen LogP contribution in [-0.4, -0.2) is 42.9 Å². The highest BCUT2D eigenvalue weighted by atomic mass is 35.5. The van der Waals surface area contributed by atoms with E-state index in [1.54, 1.807) is 29.2 Å². The molecule has 25 heavy (non-hydrogen) atoms. The van der Waals surface area contributed by atoms with E-state index in [9.17, 15) is 14.4 Å². The van der Waals surface area contributed by atoms with Gasteiger partial charge in [0.2, 0.25) is 17.7 Å². The molecule has 1 aliphatic heterocycles. The lowest BCUT2D eigenvalue weighted by atomic mass is 10.1. The van der Waals surface area contributed by atoms with Crippen LogP contribution < -0.4 is 21.3 Å². The van der Waals surface area contributed by atoms with Crippen molar-refractivity contribution in [2.75, 3.05) is 18.0 Å². The van der Waals surface area contributed by atoms with Crippen molar-refractivity contribution in [1.82, 2.24) is 10.6 Å². The highest BCUT2D eigenvalue weighted by Crippen LogP contribution is 2.28. The zero-order chi connectivity index (χ0) is 18.6. The number of hydrogen-bond acceptors (Lipinski definition) is 4. The van der Waals surface area contributed by atoms with Crippen molar-refractivity contribution in [3.8, 4) is 0 Å². The maximum absolute atomic E-state index is 12.5. The van der Waals surface area contributed by atoms with E-state index in [1.807, 2.05) is 13.8 Å². The van der Waals surface area contributed by atoms with Crippen LogP contribution in [0.5, 0.6) is 0 Å². The molecule has 0 saturated carbocycles. The van der Waals surface area contributed by atoms with Crippen molar-refractivity contribution < 1.29 is 14.4 Å². The molecule has 0 aromatic heterocycles. The molecule has 1 aromatic carbocycles. The predicted molar refractivity (Wildman–Crippen MR) is 96.2 cm³/mol. The summed E-state index contributed by atoms with van der Waals surface area (Å²) in [6.45, 7) is 3.91. The van der Waals surface area contributed by atoms with Gasteiger partial charge in [-0.2, -0.15) is 0 Å². The number of hydrogen-bond donors (Lipinski definition) is 3. The fourth-order valence-corrected chi connectivity index (χ4v) is 2.79. The van der Waals surface area contributed by atoms with Crippen molar-refractivity contribution in [3.63, 3.8) is 0 Å². The summed E-state index contributed by atoms with van der Waals surface area (Å²) in [7, 11) is 0. The Morgan fingerprint density at radius 3 is 2.68 bits per heavy atom. The molecule has 1 saturated heterocycles. The number of carbonyl (C=O) groups is 3. The van der Waals surface area contributed by atoms with Crippen LogP contribution in [0, 0.1) is 5.92 Å². The second-order valence-corrected chi connectivity index (χ2v) is 6.74. The number of anilines is 1. The maximum Gasteiger partial charge on any atom is 0.249 e. The zero-order valence-electron chi connectivity index (χ0n) is 14.3. The number of benzene rings is 1. The Morgan fingerprint density at radius 1 is 1.36 bits per heavy atom. The average Bonchev–Trinajstić information content (AvgIpc) is 2.93. The normalized spacial score (nSPS) is 18.4. The summed E-state index contributed by atoms with van der Waals surface area (Å²) in [5.74, 6) is -1.06. The minimum absolute atomic E-state index is 0.0244. The molecule has 2 rings (SSSR count). The Hall–Kier alpha value is -2.12. The Morgan fingerprint density at radius 2 is 2.04 bits per heavy atom. The molecule has 0 aliphatic carbocycles. The lowest BCUT2D eigenvalue weighted by Gasteiger charge is -2.19. The first-order valence-corrected chi connectivity index (χ1v) is 8.57. The molecule has 0 bridgehead atoms. The molecule has 7 nitrogen and oxygen atoms in total. The molecule has 0 radical (unpaired) electrons. The molecule has 4 N–H and O–H groups in total. The van der Waals surface area contributed by atoms with Gasteiger partial charge in [0.25, 0.3) is 0 Å². The molecule has 1 fully saturated rings. The first kappa shape index (κ1) is 19.2. The van der Waals surface area contributed by atoms with E-state index in [-0.39, 0.29) is 24.3 Å². The van der Waals surface area contributed by atoms with Crippen LogP contribution in [0.15, 0.2) is 24.3 Å². The summed E-state index contributed by atoms with van der Waals surface area (Å²) in [6.07, 6.45) is 0.481. The number of nitrogens with one attached hydrogen (secondary N) is 2. The minimum atomic E-state index is -0.670. The van der Waals surface area contributed by atoms with E-state index in [1.165, 1.54) is 0 Å².